The molecule has 28 heavy (non-hydrogen) atoms. The van der Waals surface area contributed by atoms with E-state index in [0.717, 1.165) is 0 Å². The Kier molecular flexibility index (Phi) is 5.75. The van der Waals surface area contributed by atoms with Crippen LogP contribution in [0, 0.1) is 0 Å². The van der Waals surface area contributed by atoms with Crippen LogP contribution in [0.2, 0.25) is 1.41 Å². The normalized spacial score (nSPS) is 14.9. The molecular weight excluding hydrogens is 360 g/mol. The monoisotopic (exact) mass is 385 g/mol. The second kappa shape index (κ2) is 8.22. The SMILES string of the molecule is [2H]N[C@@H](C(=O)C(NC(=O)OC(C)(C)C)(C(=O)O)c1ccccc1)c1ccccc1. The van der Waals surface area contributed by atoms with E-state index in [-0.39, 0.29) is 5.56 Å². The second-order valence-electron chi connectivity index (χ2n) is 7.26. The largest absolute Gasteiger partial charge is 0.479 e. The highest BCUT2D eigenvalue weighted by atomic mass is 16.6. The summed E-state index contributed by atoms with van der Waals surface area (Å²) in [4.78, 5) is 38.4. The molecule has 7 heteroatoms. The Labute approximate surface area is 165 Å². The number of nitrogens with one attached hydrogen (secondary N) is 1. The fourth-order valence-corrected chi connectivity index (χ4v) is 2.72. The molecule has 1 unspecified atom stereocenters. The highest BCUT2D eigenvalue weighted by Gasteiger charge is 2.52. The summed E-state index contributed by atoms with van der Waals surface area (Å²) in [7, 11) is 0. The van der Waals surface area contributed by atoms with Crippen LogP contribution in [0.15, 0.2) is 60.7 Å². The van der Waals surface area contributed by atoms with Crippen molar-refractivity contribution < 1.29 is 25.6 Å². The maximum absolute atomic E-state index is 13.5. The zero-order chi connectivity index (χ0) is 21.7. The van der Waals surface area contributed by atoms with Crippen molar-refractivity contribution in [1.29, 1.82) is 0 Å². The number of carbonyl (C=O) groups excluding carboxylic acids is 2. The first kappa shape index (κ1) is 19.6. The lowest BCUT2D eigenvalue weighted by Gasteiger charge is -2.32. The minimum atomic E-state index is -2.46. The Hall–Kier alpha value is -3.19. The molecule has 0 aliphatic rings. The molecule has 2 rings (SSSR count). The molecule has 0 aliphatic heterocycles. The highest BCUT2D eigenvalue weighted by molar-refractivity contribution is 6.12. The van der Waals surface area contributed by atoms with E-state index in [4.69, 9.17) is 6.15 Å². The van der Waals surface area contributed by atoms with Crippen molar-refractivity contribution in [3.05, 3.63) is 71.8 Å². The molecule has 7 nitrogen and oxygen atoms in total. The summed E-state index contributed by atoms with van der Waals surface area (Å²) in [5, 5.41) is 12.4. The molecule has 0 radical (unpaired) electrons. The molecule has 0 saturated carbocycles. The number of carbonyl (C=O) groups is 3. The molecule has 0 spiro atoms. The summed E-state index contributed by atoms with van der Waals surface area (Å²) in [5.41, 5.74) is -0.818. The quantitative estimate of drug-likeness (QED) is 0.631. The van der Waals surface area contributed by atoms with Crippen molar-refractivity contribution in [3.8, 4) is 0 Å². The Morgan fingerprint density at radius 3 is 2.04 bits per heavy atom. The van der Waals surface area contributed by atoms with Gasteiger partial charge in [-0.2, -0.15) is 0 Å². The third-order valence-electron chi connectivity index (χ3n) is 3.98. The van der Waals surface area contributed by atoms with Gasteiger partial charge >= 0.3 is 12.1 Å². The number of amides is 1. The first-order valence-electron chi connectivity index (χ1n) is 9.18. The average Bonchev–Trinajstić information content (AvgIpc) is 2.66. The van der Waals surface area contributed by atoms with E-state index in [2.05, 4.69) is 11.0 Å². The van der Waals surface area contributed by atoms with E-state index >= 15 is 0 Å². The number of carboxylic acids is 1. The second-order valence-corrected chi connectivity index (χ2v) is 7.26. The fraction of sp³-hybridized carbons (Fsp3) is 0.286. The molecule has 0 fully saturated rings. The van der Waals surface area contributed by atoms with Crippen molar-refractivity contribution in [1.82, 2.24) is 5.32 Å². The van der Waals surface area contributed by atoms with Crippen LogP contribution in [0.4, 0.5) is 4.79 Å². The van der Waals surface area contributed by atoms with Crippen LogP contribution in [-0.2, 0) is 19.9 Å². The van der Waals surface area contributed by atoms with Crippen LogP contribution < -0.4 is 11.0 Å². The molecule has 2 atom stereocenters. The van der Waals surface area contributed by atoms with Gasteiger partial charge < -0.3 is 15.6 Å². The first-order valence-corrected chi connectivity index (χ1v) is 8.68. The van der Waals surface area contributed by atoms with Gasteiger partial charge in [0.15, 0.2) is 5.78 Å². The van der Waals surface area contributed by atoms with E-state index in [1.165, 1.54) is 12.1 Å². The number of hydrogen-bond donors (Lipinski definition) is 3. The summed E-state index contributed by atoms with van der Waals surface area (Å²) in [6.45, 7) is 4.87. The predicted molar refractivity (Wildman–Crippen MR) is 104 cm³/mol. The van der Waals surface area contributed by atoms with Crippen LogP contribution in [0.3, 0.4) is 0 Å². The molecule has 1 amide bonds. The number of aliphatic carboxylic acids is 1. The van der Waals surface area contributed by atoms with Gasteiger partial charge in [0.05, 0.1) is 6.04 Å². The van der Waals surface area contributed by atoms with Crippen molar-refractivity contribution in [2.75, 3.05) is 0 Å². The van der Waals surface area contributed by atoms with Gasteiger partial charge in [0.2, 0.25) is 5.54 Å². The van der Waals surface area contributed by atoms with E-state index < -0.39 is 35.0 Å². The Morgan fingerprint density at radius 2 is 1.57 bits per heavy atom. The Morgan fingerprint density at radius 1 is 1.04 bits per heavy atom. The predicted octanol–water partition coefficient (Wildman–Crippen LogP) is 2.76. The molecular formula is C21H24N2O5. The van der Waals surface area contributed by atoms with Gasteiger partial charge in [0, 0.05) is 0 Å². The molecule has 0 aromatic heterocycles. The van der Waals surface area contributed by atoms with Gasteiger partial charge in [-0.1, -0.05) is 60.7 Å². The number of ether oxygens (including phenoxy) is 1. The van der Waals surface area contributed by atoms with E-state index in [1.54, 1.807) is 69.3 Å². The topological polar surface area (TPSA) is 119 Å². The van der Waals surface area contributed by atoms with Gasteiger partial charge in [0.25, 0.3) is 0 Å². The standard InChI is InChI=1S/C21H24N2O5/c1-20(2,3)28-19(27)23-21(18(25)26,15-12-8-5-9-13-15)17(24)16(22)14-10-6-4-7-11-14/h4-13,16H,22H2,1-3H3,(H,23,27)(H,25,26)/t16-,21?/m1/s1/i/hD. The first-order chi connectivity index (χ1) is 13.6. The molecule has 0 bridgehead atoms. The van der Waals surface area contributed by atoms with Crippen LogP contribution >= 0.6 is 0 Å². The molecule has 0 aliphatic carbocycles. The molecule has 0 heterocycles. The maximum atomic E-state index is 13.5. The lowest BCUT2D eigenvalue weighted by Crippen LogP contribution is -2.60. The number of ketones is 1. The maximum Gasteiger partial charge on any atom is 0.409 e. The highest BCUT2D eigenvalue weighted by Crippen LogP contribution is 2.29. The number of Topliss-reactive ketones (excluding diaryl/α,β-unsaturated/α-hetero) is 1. The minimum absolute atomic E-state index is 0.0412. The molecule has 2 aromatic carbocycles. The van der Waals surface area contributed by atoms with Crippen LogP contribution in [0.1, 0.15) is 37.9 Å². The third kappa shape index (κ3) is 4.55. The van der Waals surface area contributed by atoms with Crippen molar-refractivity contribution in [2.24, 2.45) is 5.73 Å². The van der Waals surface area contributed by atoms with Crippen molar-refractivity contribution in [2.45, 2.75) is 38.0 Å². The van der Waals surface area contributed by atoms with E-state index in [1.807, 2.05) is 0 Å². The smallest absolute Gasteiger partial charge is 0.409 e. The molecule has 148 valence electrons. The van der Waals surface area contributed by atoms with E-state index in [0.29, 0.717) is 5.56 Å². The third-order valence-corrected chi connectivity index (χ3v) is 3.98. The Bertz CT molecular complexity index is 868. The fourth-order valence-electron chi connectivity index (χ4n) is 2.72. The number of carboxylic acid groups (broad SMARTS) is 1. The summed E-state index contributed by atoms with van der Waals surface area (Å²) in [5.74, 6) is -2.51. The Balaban J connectivity index is 2.60. The summed E-state index contributed by atoms with van der Waals surface area (Å²) < 4.78 is 12.8. The van der Waals surface area contributed by atoms with Crippen LogP contribution in [0.5, 0.6) is 0 Å². The van der Waals surface area contributed by atoms with Gasteiger partial charge in [-0.25, -0.2) is 9.59 Å². The molecule has 4 N–H and O–H groups in total. The number of benzene rings is 2. The zero-order valence-corrected chi connectivity index (χ0v) is 15.9. The van der Waals surface area contributed by atoms with Gasteiger partial charge in [0.1, 0.15) is 7.01 Å². The van der Waals surface area contributed by atoms with Gasteiger partial charge in [-0.05, 0) is 31.9 Å². The minimum Gasteiger partial charge on any atom is -0.479 e. The number of nitrogens with two attached hydrogens (primary N) is 1. The van der Waals surface area contributed by atoms with Crippen molar-refractivity contribution >= 4 is 17.8 Å². The van der Waals surface area contributed by atoms with Crippen LogP contribution in [0.25, 0.3) is 0 Å². The summed E-state index contributed by atoms with van der Waals surface area (Å²) in [6, 6.07) is 14.6. The molecule has 0 saturated heterocycles. The molecule has 2 aromatic rings. The number of alkyl carbamates (subject to hydrolysis) is 1. The average molecular weight is 385 g/mol. The van der Waals surface area contributed by atoms with Gasteiger partial charge in [-0.15, -0.1) is 0 Å². The lowest BCUT2D eigenvalue weighted by atomic mass is 9.81. The number of rotatable bonds is 7. The summed E-state index contributed by atoms with van der Waals surface area (Å²) >= 11 is 0. The van der Waals surface area contributed by atoms with Gasteiger partial charge in [-0.3, -0.25) is 10.1 Å². The van der Waals surface area contributed by atoms with E-state index in [9.17, 15) is 19.5 Å². The number of hydrogen-bond acceptors (Lipinski definition) is 5. The zero-order valence-electron chi connectivity index (χ0n) is 16.9. The lowest BCUT2D eigenvalue weighted by molar-refractivity contribution is -0.151. The summed E-state index contributed by atoms with van der Waals surface area (Å²) in [6.07, 6.45) is -1.06. The van der Waals surface area contributed by atoms with Crippen molar-refractivity contribution in [3.63, 3.8) is 0 Å². The van der Waals surface area contributed by atoms with Crippen LogP contribution in [-0.4, -0.2) is 28.6 Å².